The molecule has 0 amide bonds. The molecule has 0 radical (unpaired) electrons. The van der Waals surface area contributed by atoms with Gasteiger partial charge in [-0.2, -0.15) is 0 Å². The van der Waals surface area contributed by atoms with Crippen molar-refractivity contribution in [1.82, 2.24) is 9.97 Å². The highest BCUT2D eigenvalue weighted by Gasteiger charge is 2.18. The third kappa shape index (κ3) is 2.23. The van der Waals surface area contributed by atoms with Gasteiger partial charge in [0.25, 0.3) is 0 Å². The van der Waals surface area contributed by atoms with E-state index in [2.05, 4.69) is 9.97 Å². The normalized spacial score (nSPS) is 20.8. The summed E-state index contributed by atoms with van der Waals surface area (Å²) >= 11 is 0. The molecule has 2 heterocycles. The maximum atomic E-state index is 13.1. The van der Waals surface area contributed by atoms with Gasteiger partial charge in [0.1, 0.15) is 5.82 Å². The van der Waals surface area contributed by atoms with Gasteiger partial charge in [0, 0.05) is 13.0 Å². The number of aromatic nitrogens is 2. The molecule has 1 aromatic rings. The molecule has 0 saturated carbocycles. The standard InChI is InChI=1S/C10H14FN3O/c1-6-9(11)10(12)14-8(13-6)5-7-3-2-4-15-7/h7H,2-5H2,1H3,(H2,12,13,14). The monoisotopic (exact) mass is 211 g/mol. The fourth-order valence-corrected chi connectivity index (χ4v) is 1.74. The molecule has 1 aromatic heterocycles. The van der Waals surface area contributed by atoms with Gasteiger partial charge in [-0.15, -0.1) is 0 Å². The van der Waals surface area contributed by atoms with Gasteiger partial charge in [-0.25, -0.2) is 14.4 Å². The van der Waals surface area contributed by atoms with Gasteiger partial charge < -0.3 is 10.5 Å². The number of halogens is 1. The Labute approximate surface area is 87.7 Å². The van der Waals surface area contributed by atoms with E-state index in [1.807, 2.05) is 0 Å². The van der Waals surface area contributed by atoms with Gasteiger partial charge in [-0.3, -0.25) is 0 Å². The van der Waals surface area contributed by atoms with Crippen molar-refractivity contribution in [3.05, 3.63) is 17.3 Å². The molecule has 0 aliphatic carbocycles. The maximum absolute atomic E-state index is 13.1. The molecule has 2 rings (SSSR count). The van der Waals surface area contributed by atoms with Crippen LogP contribution in [0.5, 0.6) is 0 Å². The Morgan fingerprint density at radius 1 is 1.53 bits per heavy atom. The summed E-state index contributed by atoms with van der Waals surface area (Å²) in [7, 11) is 0. The zero-order chi connectivity index (χ0) is 10.8. The average molecular weight is 211 g/mol. The van der Waals surface area contributed by atoms with Crippen molar-refractivity contribution >= 4 is 5.82 Å². The zero-order valence-electron chi connectivity index (χ0n) is 8.66. The molecule has 5 heteroatoms. The van der Waals surface area contributed by atoms with Crippen LogP contribution >= 0.6 is 0 Å². The van der Waals surface area contributed by atoms with Gasteiger partial charge in [-0.1, -0.05) is 0 Å². The number of aryl methyl sites for hydroxylation is 1. The van der Waals surface area contributed by atoms with Gasteiger partial charge in [0.2, 0.25) is 0 Å². The number of ether oxygens (including phenoxy) is 1. The number of nitrogens with two attached hydrogens (primary N) is 1. The first-order valence-corrected chi connectivity index (χ1v) is 5.07. The number of anilines is 1. The molecule has 15 heavy (non-hydrogen) atoms. The van der Waals surface area contributed by atoms with Crippen LogP contribution in [0.4, 0.5) is 10.2 Å². The summed E-state index contributed by atoms with van der Waals surface area (Å²) in [6, 6.07) is 0. The molecule has 1 atom stereocenters. The Bertz CT molecular complexity index is 341. The van der Waals surface area contributed by atoms with Crippen molar-refractivity contribution in [2.75, 3.05) is 12.3 Å². The van der Waals surface area contributed by atoms with Gasteiger partial charge in [-0.05, 0) is 19.8 Å². The second-order valence-corrected chi connectivity index (χ2v) is 3.76. The third-order valence-corrected chi connectivity index (χ3v) is 2.52. The van der Waals surface area contributed by atoms with E-state index < -0.39 is 5.82 Å². The first-order valence-electron chi connectivity index (χ1n) is 5.07. The summed E-state index contributed by atoms with van der Waals surface area (Å²) in [5.41, 5.74) is 5.73. The van der Waals surface area contributed by atoms with E-state index in [-0.39, 0.29) is 11.9 Å². The maximum Gasteiger partial charge on any atom is 0.186 e. The topological polar surface area (TPSA) is 61.0 Å². The lowest BCUT2D eigenvalue weighted by Gasteiger charge is -2.09. The molecule has 4 nitrogen and oxygen atoms in total. The molecule has 0 spiro atoms. The smallest absolute Gasteiger partial charge is 0.186 e. The van der Waals surface area contributed by atoms with E-state index in [1.165, 1.54) is 0 Å². The number of hydrogen-bond donors (Lipinski definition) is 1. The second-order valence-electron chi connectivity index (χ2n) is 3.76. The minimum Gasteiger partial charge on any atom is -0.381 e. The van der Waals surface area contributed by atoms with Crippen LogP contribution in [0.2, 0.25) is 0 Å². The molecule has 1 saturated heterocycles. The van der Waals surface area contributed by atoms with Crippen LogP contribution in [-0.4, -0.2) is 22.7 Å². The highest BCUT2D eigenvalue weighted by atomic mass is 19.1. The van der Waals surface area contributed by atoms with E-state index in [0.29, 0.717) is 17.9 Å². The summed E-state index contributed by atoms with van der Waals surface area (Å²) in [4.78, 5) is 7.96. The van der Waals surface area contributed by atoms with Gasteiger partial charge >= 0.3 is 0 Å². The lowest BCUT2D eigenvalue weighted by Crippen LogP contribution is -2.14. The molecule has 0 aromatic carbocycles. The summed E-state index contributed by atoms with van der Waals surface area (Å²) in [5.74, 6) is -0.0279. The molecule has 1 aliphatic rings. The Kier molecular flexibility index (Phi) is 2.81. The molecular formula is C10H14FN3O. The summed E-state index contributed by atoms with van der Waals surface area (Å²) < 4.78 is 18.6. The van der Waals surface area contributed by atoms with Gasteiger partial charge in [0.15, 0.2) is 11.6 Å². The average Bonchev–Trinajstić information content (AvgIpc) is 2.66. The van der Waals surface area contributed by atoms with Crippen molar-refractivity contribution in [2.45, 2.75) is 32.3 Å². The highest BCUT2D eigenvalue weighted by Crippen LogP contribution is 2.17. The van der Waals surface area contributed by atoms with Gasteiger partial charge in [0.05, 0.1) is 11.8 Å². The molecular weight excluding hydrogens is 197 g/mol. The van der Waals surface area contributed by atoms with Crippen LogP contribution in [0, 0.1) is 12.7 Å². The second kappa shape index (κ2) is 4.10. The first kappa shape index (κ1) is 10.3. The predicted molar refractivity (Wildman–Crippen MR) is 53.8 cm³/mol. The summed E-state index contributed by atoms with van der Waals surface area (Å²) in [6.07, 6.45) is 2.86. The largest absolute Gasteiger partial charge is 0.381 e. The Morgan fingerprint density at radius 3 is 2.93 bits per heavy atom. The van der Waals surface area contributed by atoms with Crippen molar-refractivity contribution in [3.8, 4) is 0 Å². The van der Waals surface area contributed by atoms with E-state index in [1.54, 1.807) is 6.92 Å². The fraction of sp³-hybridized carbons (Fsp3) is 0.600. The third-order valence-electron chi connectivity index (χ3n) is 2.52. The van der Waals surface area contributed by atoms with Crippen LogP contribution in [0.15, 0.2) is 0 Å². The molecule has 82 valence electrons. The van der Waals surface area contributed by atoms with Crippen LogP contribution in [0.1, 0.15) is 24.4 Å². The zero-order valence-corrected chi connectivity index (χ0v) is 8.66. The molecule has 2 N–H and O–H groups in total. The van der Waals surface area contributed by atoms with Crippen LogP contribution in [-0.2, 0) is 11.2 Å². The number of hydrogen-bond acceptors (Lipinski definition) is 4. The quantitative estimate of drug-likeness (QED) is 0.799. The summed E-state index contributed by atoms with van der Waals surface area (Å²) in [5, 5.41) is 0. The predicted octanol–water partition coefficient (Wildman–Crippen LogP) is 1.23. The van der Waals surface area contributed by atoms with Crippen molar-refractivity contribution in [1.29, 1.82) is 0 Å². The van der Waals surface area contributed by atoms with Crippen molar-refractivity contribution in [3.63, 3.8) is 0 Å². The van der Waals surface area contributed by atoms with E-state index in [4.69, 9.17) is 10.5 Å². The Hall–Kier alpha value is -1.23. The lowest BCUT2D eigenvalue weighted by atomic mass is 10.2. The minimum atomic E-state index is -0.522. The van der Waals surface area contributed by atoms with Crippen LogP contribution < -0.4 is 5.73 Å². The lowest BCUT2D eigenvalue weighted by molar-refractivity contribution is 0.110. The van der Waals surface area contributed by atoms with Crippen molar-refractivity contribution in [2.24, 2.45) is 0 Å². The molecule has 0 bridgehead atoms. The van der Waals surface area contributed by atoms with Crippen molar-refractivity contribution < 1.29 is 9.13 Å². The molecule has 1 unspecified atom stereocenters. The van der Waals surface area contributed by atoms with E-state index in [0.717, 1.165) is 19.4 Å². The number of nitrogen functional groups attached to an aromatic ring is 1. The number of nitrogens with zero attached hydrogens (tertiary/aromatic N) is 2. The Morgan fingerprint density at radius 2 is 2.33 bits per heavy atom. The van der Waals surface area contributed by atoms with Crippen LogP contribution in [0.3, 0.4) is 0 Å². The van der Waals surface area contributed by atoms with E-state index in [9.17, 15) is 4.39 Å². The molecule has 1 fully saturated rings. The number of rotatable bonds is 2. The summed E-state index contributed by atoms with van der Waals surface area (Å²) in [6.45, 7) is 2.38. The fourth-order valence-electron chi connectivity index (χ4n) is 1.74. The van der Waals surface area contributed by atoms with E-state index >= 15 is 0 Å². The molecule has 1 aliphatic heterocycles. The SMILES string of the molecule is Cc1nc(CC2CCCO2)nc(N)c1F. The minimum absolute atomic E-state index is 0.0736. The van der Waals surface area contributed by atoms with Crippen LogP contribution in [0.25, 0.3) is 0 Å². The Balaban J connectivity index is 2.14. The first-order chi connectivity index (χ1) is 7.16. The highest BCUT2D eigenvalue weighted by molar-refractivity contribution is 5.32.